The van der Waals surface area contributed by atoms with Gasteiger partial charge in [0, 0.05) is 17.0 Å². The number of rotatable bonds is 5. The molecule has 1 N–H and O–H groups in total. The Hall–Kier alpha value is -2.47. The third kappa shape index (κ3) is 3.85. The van der Waals surface area contributed by atoms with E-state index in [1.165, 1.54) is 23.9 Å². The van der Waals surface area contributed by atoms with Crippen LogP contribution in [0.4, 0.5) is 4.39 Å². The molecule has 1 aliphatic rings. The molecule has 0 atom stereocenters. The van der Waals surface area contributed by atoms with Crippen molar-refractivity contribution >= 4 is 28.6 Å². The van der Waals surface area contributed by atoms with Crippen molar-refractivity contribution in [2.24, 2.45) is 0 Å². The summed E-state index contributed by atoms with van der Waals surface area (Å²) >= 11 is 1.41. The summed E-state index contributed by atoms with van der Waals surface area (Å²) in [6, 6.07) is 12.5. The number of hydrogen-bond acceptors (Lipinski definition) is 4. The molecule has 1 amide bonds. The van der Waals surface area contributed by atoms with Gasteiger partial charge in [-0.1, -0.05) is 17.8 Å². The van der Waals surface area contributed by atoms with E-state index in [1.54, 1.807) is 12.1 Å². The Morgan fingerprint density at radius 3 is 2.69 bits per heavy atom. The minimum absolute atomic E-state index is 0.0275. The molecular formula is C20H18FN3OS. The molecule has 0 radical (unpaired) electrons. The number of aromatic nitrogens is 2. The van der Waals surface area contributed by atoms with Gasteiger partial charge in [-0.15, -0.1) is 0 Å². The van der Waals surface area contributed by atoms with Crippen molar-refractivity contribution in [3.63, 3.8) is 0 Å². The number of hydrogen-bond donors (Lipinski definition) is 1. The second kappa shape index (κ2) is 7.03. The Morgan fingerprint density at radius 1 is 1.19 bits per heavy atom. The number of nitrogens with one attached hydrogen (secondary N) is 1. The van der Waals surface area contributed by atoms with Gasteiger partial charge in [0.15, 0.2) is 5.82 Å². The summed E-state index contributed by atoms with van der Waals surface area (Å²) in [5, 5.41) is 4.68. The van der Waals surface area contributed by atoms with Crippen LogP contribution in [0.25, 0.3) is 22.3 Å². The van der Waals surface area contributed by atoms with Gasteiger partial charge in [0.2, 0.25) is 5.91 Å². The van der Waals surface area contributed by atoms with Crippen LogP contribution in [0.3, 0.4) is 0 Å². The summed E-state index contributed by atoms with van der Waals surface area (Å²) in [5.41, 5.74) is 2.67. The first kappa shape index (κ1) is 17.0. The largest absolute Gasteiger partial charge is 0.353 e. The van der Waals surface area contributed by atoms with Gasteiger partial charge in [0.1, 0.15) is 10.8 Å². The zero-order valence-corrected chi connectivity index (χ0v) is 15.1. The maximum atomic E-state index is 13.2. The van der Waals surface area contributed by atoms with E-state index in [0.29, 0.717) is 17.6 Å². The number of carbonyl (C=O) groups is 1. The zero-order chi connectivity index (χ0) is 18.1. The highest BCUT2D eigenvalue weighted by atomic mass is 32.2. The highest BCUT2D eigenvalue weighted by Gasteiger charge is 2.23. The standard InChI is InChI=1S/C20H18FN3OS/c1-12-2-9-16-17(10-12)23-19(13-3-5-14(21)6-4-13)24-20(16)26-11-18(25)22-15-7-8-15/h2-6,9-10,15H,7-8,11H2,1H3,(H,22,25). The molecule has 0 saturated heterocycles. The maximum absolute atomic E-state index is 13.2. The summed E-state index contributed by atoms with van der Waals surface area (Å²) in [7, 11) is 0. The van der Waals surface area contributed by atoms with Gasteiger partial charge >= 0.3 is 0 Å². The van der Waals surface area contributed by atoms with E-state index in [2.05, 4.69) is 15.3 Å². The monoisotopic (exact) mass is 367 g/mol. The molecule has 0 bridgehead atoms. The number of halogens is 1. The summed E-state index contributed by atoms with van der Waals surface area (Å²) in [5.74, 6) is 0.587. The number of carbonyl (C=O) groups excluding carboxylic acids is 1. The lowest BCUT2D eigenvalue weighted by Gasteiger charge is -2.09. The lowest BCUT2D eigenvalue weighted by molar-refractivity contribution is -0.118. The third-order valence-electron chi connectivity index (χ3n) is 4.20. The number of aryl methyl sites for hydroxylation is 1. The van der Waals surface area contributed by atoms with Crippen LogP contribution in [0.2, 0.25) is 0 Å². The molecule has 1 aromatic heterocycles. The van der Waals surface area contributed by atoms with Crippen LogP contribution in [0.5, 0.6) is 0 Å². The van der Waals surface area contributed by atoms with E-state index in [4.69, 9.17) is 0 Å². The van der Waals surface area contributed by atoms with Crippen molar-refractivity contribution < 1.29 is 9.18 Å². The third-order valence-corrected chi connectivity index (χ3v) is 5.19. The second-order valence-electron chi connectivity index (χ2n) is 6.51. The van der Waals surface area contributed by atoms with Gasteiger partial charge in [-0.05, 0) is 61.7 Å². The summed E-state index contributed by atoms with van der Waals surface area (Å²) in [6.07, 6.45) is 2.14. The van der Waals surface area contributed by atoms with Gasteiger partial charge in [-0.2, -0.15) is 0 Å². The topological polar surface area (TPSA) is 54.9 Å². The molecular weight excluding hydrogens is 349 g/mol. The molecule has 2 aromatic carbocycles. The Morgan fingerprint density at radius 2 is 1.96 bits per heavy atom. The summed E-state index contributed by atoms with van der Waals surface area (Å²) < 4.78 is 13.2. The van der Waals surface area contributed by atoms with Gasteiger partial charge in [0.25, 0.3) is 0 Å². The molecule has 1 fully saturated rings. The normalized spacial score (nSPS) is 13.8. The lowest BCUT2D eigenvalue weighted by Crippen LogP contribution is -2.27. The number of fused-ring (bicyclic) bond motifs is 1. The first-order chi connectivity index (χ1) is 12.6. The molecule has 4 nitrogen and oxygen atoms in total. The van der Waals surface area contributed by atoms with Crippen molar-refractivity contribution in [1.82, 2.24) is 15.3 Å². The van der Waals surface area contributed by atoms with Crippen molar-refractivity contribution in [1.29, 1.82) is 0 Å². The average molecular weight is 367 g/mol. The van der Waals surface area contributed by atoms with Crippen LogP contribution >= 0.6 is 11.8 Å². The quantitative estimate of drug-likeness (QED) is 0.545. The van der Waals surface area contributed by atoms with E-state index in [9.17, 15) is 9.18 Å². The fraction of sp³-hybridized carbons (Fsp3) is 0.250. The van der Waals surface area contributed by atoms with E-state index < -0.39 is 0 Å². The Bertz CT molecular complexity index is 971. The van der Waals surface area contributed by atoms with E-state index in [1.807, 2.05) is 25.1 Å². The van der Waals surface area contributed by atoms with Crippen LogP contribution in [-0.2, 0) is 4.79 Å². The van der Waals surface area contributed by atoms with Crippen LogP contribution < -0.4 is 5.32 Å². The molecule has 1 saturated carbocycles. The molecule has 0 aliphatic heterocycles. The van der Waals surface area contributed by atoms with Crippen LogP contribution in [-0.4, -0.2) is 27.7 Å². The van der Waals surface area contributed by atoms with Gasteiger partial charge in [-0.3, -0.25) is 4.79 Å². The van der Waals surface area contributed by atoms with Gasteiger partial charge in [0.05, 0.1) is 11.3 Å². The minimum Gasteiger partial charge on any atom is -0.353 e. The van der Waals surface area contributed by atoms with Gasteiger partial charge < -0.3 is 5.32 Å². The second-order valence-corrected chi connectivity index (χ2v) is 7.47. The van der Waals surface area contributed by atoms with Crippen molar-refractivity contribution in [3.05, 3.63) is 53.8 Å². The first-order valence-corrected chi connectivity index (χ1v) is 9.53. The summed E-state index contributed by atoms with van der Waals surface area (Å²) in [6.45, 7) is 2.01. The van der Waals surface area contributed by atoms with Crippen LogP contribution in [0, 0.1) is 12.7 Å². The van der Waals surface area contributed by atoms with E-state index in [0.717, 1.165) is 39.9 Å². The van der Waals surface area contributed by atoms with Crippen molar-refractivity contribution in [2.75, 3.05) is 5.75 Å². The predicted octanol–water partition coefficient (Wildman–Crippen LogP) is 4.12. The summed E-state index contributed by atoms with van der Waals surface area (Å²) in [4.78, 5) is 21.3. The smallest absolute Gasteiger partial charge is 0.230 e. The fourth-order valence-electron chi connectivity index (χ4n) is 2.68. The maximum Gasteiger partial charge on any atom is 0.230 e. The van der Waals surface area contributed by atoms with Crippen LogP contribution in [0.1, 0.15) is 18.4 Å². The van der Waals surface area contributed by atoms with Crippen LogP contribution in [0.15, 0.2) is 47.5 Å². The Kier molecular flexibility index (Phi) is 4.59. The van der Waals surface area contributed by atoms with Gasteiger partial charge in [-0.25, -0.2) is 14.4 Å². The number of benzene rings is 2. The Labute approximate surface area is 155 Å². The zero-order valence-electron chi connectivity index (χ0n) is 14.3. The fourth-order valence-corrected chi connectivity index (χ4v) is 3.51. The first-order valence-electron chi connectivity index (χ1n) is 8.55. The molecule has 1 aliphatic carbocycles. The number of nitrogens with zero attached hydrogens (tertiary/aromatic N) is 2. The van der Waals surface area contributed by atoms with Crippen molar-refractivity contribution in [3.8, 4) is 11.4 Å². The average Bonchev–Trinajstić information content (AvgIpc) is 3.43. The lowest BCUT2D eigenvalue weighted by atomic mass is 10.1. The number of amides is 1. The number of thioether (sulfide) groups is 1. The molecule has 0 unspecified atom stereocenters. The molecule has 26 heavy (non-hydrogen) atoms. The van der Waals surface area contributed by atoms with E-state index >= 15 is 0 Å². The molecule has 3 aromatic rings. The minimum atomic E-state index is -0.295. The highest BCUT2D eigenvalue weighted by molar-refractivity contribution is 8.00. The molecule has 4 rings (SSSR count). The van der Waals surface area contributed by atoms with Crippen molar-refractivity contribution in [2.45, 2.75) is 30.8 Å². The molecule has 0 spiro atoms. The Balaban J connectivity index is 1.68. The highest BCUT2D eigenvalue weighted by Crippen LogP contribution is 2.29. The molecule has 1 heterocycles. The molecule has 6 heteroatoms. The SMILES string of the molecule is Cc1ccc2c(SCC(=O)NC3CC3)nc(-c3ccc(F)cc3)nc2c1. The molecule has 132 valence electrons. The predicted molar refractivity (Wildman–Crippen MR) is 102 cm³/mol. The van der Waals surface area contributed by atoms with E-state index in [-0.39, 0.29) is 11.7 Å².